The molecule has 0 bridgehead atoms. The minimum atomic E-state index is -0.642. The molecule has 1 aromatic rings. The van der Waals surface area contributed by atoms with Gasteiger partial charge >= 0.3 is 5.97 Å². The molecule has 2 atom stereocenters. The third kappa shape index (κ3) is 3.09. The van der Waals surface area contributed by atoms with Gasteiger partial charge in [0, 0.05) is 4.47 Å². The molecule has 0 amide bonds. The average Bonchev–Trinajstić information content (AvgIpc) is 2.54. The van der Waals surface area contributed by atoms with E-state index in [9.17, 15) is 9.90 Å². The Kier molecular flexibility index (Phi) is 4.21. The second-order valence-electron chi connectivity index (χ2n) is 4.74. The summed E-state index contributed by atoms with van der Waals surface area (Å²) in [6, 6.07) is 8.09. The normalized spacial score (nSPS) is 25.2. The lowest BCUT2D eigenvalue weighted by atomic mass is 9.82. The summed E-state index contributed by atoms with van der Waals surface area (Å²) in [5.41, 5.74) is 1.16. The number of halogens is 1. The van der Waals surface area contributed by atoms with E-state index < -0.39 is 5.97 Å². The summed E-state index contributed by atoms with van der Waals surface area (Å²) in [7, 11) is 0. The summed E-state index contributed by atoms with van der Waals surface area (Å²) in [6.07, 6.45) is 5.15. The first kappa shape index (κ1) is 12.6. The fraction of sp³-hybridized carbons (Fsp3) is 0.500. The number of hydrogen-bond donors (Lipinski definition) is 1. The summed E-state index contributed by atoms with van der Waals surface area (Å²) in [5, 5.41) is 9.35. The van der Waals surface area contributed by atoms with Crippen molar-refractivity contribution in [1.29, 1.82) is 0 Å². The number of hydrogen-bond acceptors (Lipinski definition) is 1. The van der Waals surface area contributed by atoms with Gasteiger partial charge in [-0.2, -0.15) is 0 Å². The lowest BCUT2D eigenvalue weighted by Crippen LogP contribution is -2.21. The maximum Gasteiger partial charge on any atom is 0.307 e. The topological polar surface area (TPSA) is 37.3 Å². The van der Waals surface area contributed by atoms with Gasteiger partial charge in [-0.25, -0.2) is 0 Å². The van der Waals surface area contributed by atoms with Crippen molar-refractivity contribution in [2.45, 2.75) is 38.0 Å². The van der Waals surface area contributed by atoms with Gasteiger partial charge in [-0.05, 0) is 36.5 Å². The van der Waals surface area contributed by atoms with Gasteiger partial charge in [-0.15, -0.1) is 0 Å². The van der Waals surface area contributed by atoms with E-state index in [0.717, 1.165) is 42.1 Å². The molecule has 2 unspecified atom stereocenters. The van der Waals surface area contributed by atoms with Gasteiger partial charge in [0.25, 0.3) is 0 Å². The fourth-order valence-electron chi connectivity index (χ4n) is 2.74. The van der Waals surface area contributed by atoms with Gasteiger partial charge in [0.2, 0.25) is 0 Å². The standard InChI is InChI=1S/C14H17BrO2/c15-11-6-4-5-10(9-11)12-7-2-1-3-8-13(12)14(16)17/h4-6,9,12-13H,1-3,7-8H2,(H,16,17). The van der Waals surface area contributed by atoms with Gasteiger partial charge in [0.15, 0.2) is 0 Å². The van der Waals surface area contributed by atoms with Crippen LogP contribution in [-0.2, 0) is 4.79 Å². The highest BCUT2D eigenvalue weighted by Crippen LogP contribution is 2.37. The van der Waals surface area contributed by atoms with Crippen molar-refractivity contribution in [2.75, 3.05) is 0 Å². The third-order valence-corrected chi connectivity index (χ3v) is 4.10. The molecule has 1 aliphatic carbocycles. The smallest absolute Gasteiger partial charge is 0.307 e. The Morgan fingerprint density at radius 2 is 2.00 bits per heavy atom. The Labute approximate surface area is 110 Å². The second kappa shape index (κ2) is 5.67. The van der Waals surface area contributed by atoms with Crippen LogP contribution in [0.15, 0.2) is 28.7 Å². The first-order chi connectivity index (χ1) is 8.18. The first-order valence-corrected chi connectivity index (χ1v) is 6.96. The Bertz CT molecular complexity index is 403. The van der Waals surface area contributed by atoms with Crippen LogP contribution in [-0.4, -0.2) is 11.1 Å². The highest BCUT2D eigenvalue weighted by molar-refractivity contribution is 9.10. The molecule has 0 aromatic heterocycles. The zero-order valence-electron chi connectivity index (χ0n) is 9.73. The van der Waals surface area contributed by atoms with Crippen LogP contribution in [0.5, 0.6) is 0 Å². The molecule has 3 heteroatoms. The van der Waals surface area contributed by atoms with Crippen LogP contribution in [0.25, 0.3) is 0 Å². The Hall–Kier alpha value is -0.830. The number of benzene rings is 1. The van der Waals surface area contributed by atoms with E-state index >= 15 is 0 Å². The van der Waals surface area contributed by atoms with Gasteiger partial charge in [-0.1, -0.05) is 47.3 Å². The molecule has 0 radical (unpaired) electrons. The molecule has 1 aliphatic rings. The Morgan fingerprint density at radius 3 is 2.71 bits per heavy atom. The van der Waals surface area contributed by atoms with Crippen LogP contribution in [0.3, 0.4) is 0 Å². The number of rotatable bonds is 2. The quantitative estimate of drug-likeness (QED) is 0.831. The zero-order chi connectivity index (χ0) is 12.3. The predicted molar refractivity (Wildman–Crippen MR) is 71.1 cm³/mol. The maximum atomic E-state index is 11.4. The molecule has 0 spiro atoms. The summed E-state index contributed by atoms with van der Waals surface area (Å²) in [4.78, 5) is 11.4. The van der Waals surface area contributed by atoms with Crippen LogP contribution in [0.1, 0.15) is 43.6 Å². The minimum absolute atomic E-state index is 0.174. The second-order valence-corrected chi connectivity index (χ2v) is 5.66. The highest BCUT2D eigenvalue weighted by atomic mass is 79.9. The molecule has 0 saturated heterocycles. The van der Waals surface area contributed by atoms with Crippen molar-refractivity contribution in [1.82, 2.24) is 0 Å². The van der Waals surface area contributed by atoms with Crippen LogP contribution in [0.2, 0.25) is 0 Å². The summed E-state index contributed by atoms with van der Waals surface area (Å²) < 4.78 is 1.03. The number of carboxylic acids is 1. The van der Waals surface area contributed by atoms with Crippen molar-refractivity contribution in [2.24, 2.45) is 5.92 Å². The van der Waals surface area contributed by atoms with Crippen molar-refractivity contribution in [3.05, 3.63) is 34.3 Å². The molecule has 0 heterocycles. The van der Waals surface area contributed by atoms with E-state index in [1.807, 2.05) is 12.1 Å². The SMILES string of the molecule is O=C(O)C1CCCCCC1c1cccc(Br)c1. The average molecular weight is 297 g/mol. The van der Waals surface area contributed by atoms with Crippen LogP contribution >= 0.6 is 15.9 Å². The van der Waals surface area contributed by atoms with Crippen LogP contribution in [0, 0.1) is 5.92 Å². The molecular weight excluding hydrogens is 280 g/mol. The highest BCUT2D eigenvalue weighted by Gasteiger charge is 2.30. The van der Waals surface area contributed by atoms with Crippen LogP contribution in [0.4, 0.5) is 0 Å². The lowest BCUT2D eigenvalue weighted by molar-refractivity contribution is -0.142. The molecule has 17 heavy (non-hydrogen) atoms. The fourth-order valence-corrected chi connectivity index (χ4v) is 3.16. The van der Waals surface area contributed by atoms with E-state index in [1.54, 1.807) is 0 Å². The van der Waals surface area contributed by atoms with Gasteiger partial charge in [0.1, 0.15) is 0 Å². The Morgan fingerprint density at radius 1 is 1.24 bits per heavy atom. The summed E-state index contributed by atoms with van der Waals surface area (Å²) >= 11 is 3.46. The first-order valence-electron chi connectivity index (χ1n) is 6.17. The molecular formula is C14H17BrO2. The predicted octanol–water partition coefficient (Wildman–Crippen LogP) is 4.20. The van der Waals surface area contributed by atoms with Gasteiger partial charge in [0.05, 0.1) is 5.92 Å². The van der Waals surface area contributed by atoms with Crippen molar-refractivity contribution >= 4 is 21.9 Å². The van der Waals surface area contributed by atoms with E-state index in [2.05, 4.69) is 28.1 Å². The number of aliphatic carboxylic acids is 1. The third-order valence-electron chi connectivity index (χ3n) is 3.61. The van der Waals surface area contributed by atoms with Crippen LogP contribution < -0.4 is 0 Å². The largest absolute Gasteiger partial charge is 0.481 e. The van der Waals surface area contributed by atoms with Crippen molar-refractivity contribution in [3.63, 3.8) is 0 Å². The zero-order valence-corrected chi connectivity index (χ0v) is 11.3. The molecule has 1 saturated carbocycles. The number of carbonyl (C=O) groups is 1. The lowest BCUT2D eigenvalue weighted by Gasteiger charge is -2.22. The van der Waals surface area contributed by atoms with E-state index in [0.29, 0.717) is 0 Å². The maximum absolute atomic E-state index is 11.4. The summed E-state index contributed by atoms with van der Waals surface area (Å²) in [5.74, 6) is -0.684. The van der Waals surface area contributed by atoms with E-state index in [4.69, 9.17) is 0 Å². The molecule has 1 N–H and O–H groups in total. The molecule has 1 fully saturated rings. The Balaban J connectivity index is 2.28. The van der Waals surface area contributed by atoms with E-state index in [1.165, 1.54) is 0 Å². The molecule has 1 aromatic carbocycles. The molecule has 92 valence electrons. The molecule has 2 nitrogen and oxygen atoms in total. The summed E-state index contributed by atoms with van der Waals surface area (Å²) in [6.45, 7) is 0. The van der Waals surface area contributed by atoms with Crippen molar-refractivity contribution < 1.29 is 9.90 Å². The van der Waals surface area contributed by atoms with Gasteiger partial charge < -0.3 is 5.11 Å². The van der Waals surface area contributed by atoms with Gasteiger partial charge in [-0.3, -0.25) is 4.79 Å². The number of carboxylic acid groups (broad SMARTS) is 1. The minimum Gasteiger partial charge on any atom is -0.481 e. The molecule has 0 aliphatic heterocycles. The van der Waals surface area contributed by atoms with E-state index in [-0.39, 0.29) is 11.8 Å². The van der Waals surface area contributed by atoms with Crippen molar-refractivity contribution in [3.8, 4) is 0 Å². The monoisotopic (exact) mass is 296 g/mol. The molecule has 2 rings (SSSR count).